The Morgan fingerprint density at radius 2 is 2.00 bits per heavy atom. The van der Waals surface area contributed by atoms with Crippen molar-refractivity contribution in [1.29, 1.82) is 0 Å². The number of ether oxygens (including phenoxy) is 1. The molecule has 0 radical (unpaired) electrons. The number of allylic oxidation sites excluding steroid dienone is 4. The molecule has 6 heteroatoms. The molecule has 2 N–H and O–H groups in total. The van der Waals surface area contributed by atoms with Crippen LogP contribution in [-0.2, 0) is 19.1 Å². The fourth-order valence-corrected chi connectivity index (χ4v) is 6.66. The fraction of sp³-hybridized carbons (Fsp3) is 0.696. The number of aliphatic hydroxyl groups excluding tert-OH is 1. The lowest BCUT2D eigenvalue weighted by atomic mass is 9.50. The van der Waals surface area contributed by atoms with E-state index in [9.17, 15) is 24.6 Å². The molecule has 0 amide bonds. The van der Waals surface area contributed by atoms with Crippen LogP contribution >= 0.6 is 0 Å². The number of hydrogen-bond acceptors (Lipinski definition) is 6. The van der Waals surface area contributed by atoms with Crippen LogP contribution in [-0.4, -0.2) is 46.1 Å². The Bertz CT molecular complexity index is 840. The Balaban J connectivity index is 1.70. The Labute approximate surface area is 171 Å². The zero-order chi connectivity index (χ0) is 21.2. The summed E-state index contributed by atoms with van der Waals surface area (Å²) in [6, 6.07) is 0. The third-order valence-corrected chi connectivity index (χ3v) is 8.39. The average molecular weight is 402 g/mol. The Morgan fingerprint density at radius 1 is 1.28 bits per heavy atom. The summed E-state index contributed by atoms with van der Waals surface area (Å²) < 4.78 is 4.84. The molecule has 2 saturated carbocycles. The predicted molar refractivity (Wildman–Crippen MR) is 105 cm³/mol. The van der Waals surface area contributed by atoms with E-state index in [0.29, 0.717) is 19.3 Å². The smallest absolute Gasteiger partial charge is 0.303 e. The van der Waals surface area contributed by atoms with Gasteiger partial charge < -0.3 is 14.9 Å². The molecule has 0 saturated heterocycles. The zero-order valence-corrected chi connectivity index (χ0v) is 17.4. The minimum absolute atomic E-state index is 0.0419. The first kappa shape index (κ1) is 20.5. The lowest BCUT2D eigenvalue weighted by molar-refractivity contribution is -0.174. The van der Waals surface area contributed by atoms with Crippen LogP contribution in [0.5, 0.6) is 0 Å². The van der Waals surface area contributed by atoms with Gasteiger partial charge in [-0.15, -0.1) is 0 Å². The number of carbonyl (C=O) groups excluding carboxylic acids is 3. The van der Waals surface area contributed by atoms with Crippen LogP contribution in [0.4, 0.5) is 0 Å². The number of carbonyl (C=O) groups is 3. The summed E-state index contributed by atoms with van der Waals surface area (Å²) in [5.74, 6) is -0.908. The van der Waals surface area contributed by atoms with Crippen molar-refractivity contribution in [3.05, 3.63) is 23.3 Å². The van der Waals surface area contributed by atoms with E-state index in [1.54, 1.807) is 0 Å². The average Bonchev–Trinajstić information content (AvgIpc) is 2.88. The van der Waals surface area contributed by atoms with Gasteiger partial charge in [-0.25, -0.2) is 0 Å². The molecule has 2 fully saturated rings. The lowest BCUT2D eigenvalue weighted by Gasteiger charge is -2.54. The van der Waals surface area contributed by atoms with Crippen molar-refractivity contribution in [3.63, 3.8) is 0 Å². The summed E-state index contributed by atoms with van der Waals surface area (Å²) in [5.41, 5.74) is -0.409. The SMILES string of the molecule is CC(=O)OCC(=O)[C@@]1(O)[C@H](O)C[C@@H]2[C@@H]3CCC4=CC(=O)CC[C@]4(C)C3=CC[C@@]21C. The molecule has 0 spiro atoms. The van der Waals surface area contributed by atoms with Crippen LogP contribution < -0.4 is 0 Å². The van der Waals surface area contributed by atoms with Crippen LogP contribution in [0.2, 0.25) is 0 Å². The first-order chi connectivity index (χ1) is 13.5. The summed E-state index contributed by atoms with van der Waals surface area (Å²) in [6.07, 6.45) is 6.60. The minimum atomic E-state index is -1.94. The molecular formula is C23H30O6. The Hall–Kier alpha value is -1.79. The summed E-state index contributed by atoms with van der Waals surface area (Å²) in [7, 11) is 0. The number of rotatable bonds is 3. The number of aliphatic hydroxyl groups is 2. The topological polar surface area (TPSA) is 101 Å². The molecule has 0 aromatic rings. The zero-order valence-electron chi connectivity index (χ0n) is 17.4. The van der Waals surface area contributed by atoms with Gasteiger partial charge >= 0.3 is 5.97 Å². The molecule has 4 aliphatic carbocycles. The van der Waals surface area contributed by atoms with E-state index in [1.165, 1.54) is 18.1 Å². The van der Waals surface area contributed by atoms with Gasteiger partial charge in [-0.05, 0) is 50.0 Å². The van der Waals surface area contributed by atoms with Crippen molar-refractivity contribution in [2.75, 3.05) is 6.61 Å². The van der Waals surface area contributed by atoms with E-state index in [-0.39, 0.29) is 23.0 Å². The van der Waals surface area contributed by atoms with Crippen molar-refractivity contribution in [2.45, 2.75) is 71.0 Å². The monoisotopic (exact) mass is 402 g/mol. The first-order valence-corrected chi connectivity index (χ1v) is 10.6. The highest BCUT2D eigenvalue weighted by atomic mass is 16.5. The molecule has 29 heavy (non-hydrogen) atoms. The number of hydrogen-bond donors (Lipinski definition) is 2. The Morgan fingerprint density at radius 3 is 2.69 bits per heavy atom. The van der Waals surface area contributed by atoms with Crippen LogP contribution in [0, 0.1) is 22.7 Å². The van der Waals surface area contributed by atoms with Gasteiger partial charge in [-0.2, -0.15) is 0 Å². The summed E-state index contributed by atoms with van der Waals surface area (Å²) in [6.45, 7) is 4.77. The predicted octanol–water partition coefficient (Wildman–Crippen LogP) is 2.27. The van der Waals surface area contributed by atoms with Gasteiger partial charge in [0.15, 0.2) is 18.0 Å². The molecule has 158 valence electrons. The van der Waals surface area contributed by atoms with E-state index < -0.39 is 35.5 Å². The quantitative estimate of drug-likeness (QED) is 0.555. The minimum Gasteiger partial charge on any atom is -0.458 e. The van der Waals surface area contributed by atoms with Crippen LogP contribution in [0.15, 0.2) is 23.3 Å². The molecule has 0 aliphatic heterocycles. The first-order valence-electron chi connectivity index (χ1n) is 10.6. The molecule has 0 aromatic carbocycles. The molecule has 0 bridgehead atoms. The molecule has 6 nitrogen and oxygen atoms in total. The third kappa shape index (κ3) is 2.72. The van der Waals surface area contributed by atoms with Gasteiger partial charge in [0.05, 0.1) is 6.10 Å². The van der Waals surface area contributed by atoms with E-state index in [0.717, 1.165) is 19.3 Å². The van der Waals surface area contributed by atoms with Crippen molar-refractivity contribution in [1.82, 2.24) is 0 Å². The maximum absolute atomic E-state index is 12.9. The second-order valence-corrected chi connectivity index (χ2v) is 9.72. The lowest BCUT2D eigenvalue weighted by Crippen LogP contribution is -2.59. The largest absolute Gasteiger partial charge is 0.458 e. The number of fused-ring (bicyclic) bond motifs is 5. The highest BCUT2D eigenvalue weighted by Crippen LogP contribution is 2.65. The van der Waals surface area contributed by atoms with Gasteiger partial charge in [0.1, 0.15) is 0 Å². The van der Waals surface area contributed by atoms with Gasteiger partial charge in [-0.1, -0.05) is 31.1 Å². The van der Waals surface area contributed by atoms with Crippen LogP contribution in [0.3, 0.4) is 0 Å². The van der Waals surface area contributed by atoms with E-state index in [4.69, 9.17) is 4.74 Å². The summed E-state index contributed by atoms with van der Waals surface area (Å²) >= 11 is 0. The molecular weight excluding hydrogens is 372 g/mol. The second kappa shape index (κ2) is 6.61. The van der Waals surface area contributed by atoms with Crippen LogP contribution in [0.1, 0.15) is 59.3 Å². The van der Waals surface area contributed by atoms with Crippen LogP contribution in [0.25, 0.3) is 0 Å². The van der Waals surface area contributed by atoms with Gasteiger partial charge in [0, 0.05) is 24.2 Å². The van der Waals surface area contributed by atoms with Gasteiger partial charge in [-0.3, -0.25) is 14.4 Å². The fourth-order valence-electron chi connectivity index (χ4n) is 6.66. The number of ketones is 2. The maximum Gasteiger partial charge on any atom is 0.303 e. The molecule has 4 aliphatic rings. The van der Waals surface area contributed by atoms with Crippen molar-refractivity contribution in [3.8, 4) is 0 Å². The van der Waals surface area contributed by atoms with Crippen molar-refractivity contribution in [2.24, 2.45) is 22.7 Å². The van der Waals surface area contributed by atoms with Gasteiger partial charge in [0.25, 0.3) is 0 Å². The van der Waals surface area contributed by atoms with E-state index >= 15 is 0 Å². The standard InChI is InChI=1S/C23H30O6/c1-13(24)29-12-20(27)23(28)19(26)11-18-16-5-4-14-10-15(25)6-8-21(14,2)17(16)7-9-22(18,23)3/h7,10,16,18-19,26,28H,4-6,8-9,11-12H2,1-3H3/t16-,18-,19-,21+,22+,23+/m1/s1. The molecule has 0 unspecified atom stereocenters. The normalized spacial score (nSPS) is 43.5. The summed E-state index contributed by atoms with van der Waals surface area (Å²) in [5, 5.41) is 22.3. The number of esters is 1. The maximum atomic E-state index is 12.9. The number of Topliss-reactive ketones (excluding diaryl/α,β-unsaturated/α-hetero) is 1. The molecule has 0 heterocycles. The molecule has 6 atom stereocenters. The van der Waals surface area contributed by atoms with E-state index in [1.807, 2.05) is 13.0 Å². The Kier molecular flexibility index (Phi) is 4.67. The summed E-state index contributed by atoms with van der Waals surface area (Å²) in [4.78, 5) is 35.9. The van der Waals surface area contributed by atoms with Crippen molar-refractivity contribution >= 4 is 17.5 Å². The van der Waals surface area contributed by atoms with E-state index in [2.05, 4.69) is 13.0 Å². The highest BCUT2D eigenvalue weighted by molar-refractivity contribution is 5.92. The van der Waals surface area contributed by atoms with Crippen molar-refractivity contribution < 1.29 is 29.3 Å². The third-order valence-electron chi connectivity index (χ3n) is 8.39. The second-order valence-electron chi connectivity index (χ2n) is 9.72. The molecule has 4 rings (SSSR count). The highest BCUT2D eigenvalue weighted by Gasteiger charge is 2.68. The molecule has 0 aromatic heterocycles. The van der Waals surface area contributed by atoms with Gasteiger partial charge in [0.2, 0.25) is 5.78 Å².